The number of hydrogen-bond acceptors (Lipinski definition) is 2. The lowest BCUT2D eigenvalue weighted by Gasteiger charge is -2.26. The van der Waals surface area contributed by atoms with Gasteiger partial charge in [-0.25, -0.2) is 4.98 Å². The highest BCUT2D eigenvalue weighted by Gasteiger charge is 2.20. The zero-order valence-corrected chi connectivity index (χ0v) is 12.0. The molecule has 4 heteroatoms. The molecule has 0 N–H and O–H groups in total. The fraction of sp³-hybridized carbons (Fsp3) is 0.250. The molecule has 102 valence electrons. The van der Waals surface area contributed by atoms with Crippen molar-refractivity contribution in [3.05, 3.63) is 52.7 Å². The van der Waals surface area contributed by atoms with Crippen LogP contribution in [-0.4, -0.2) is 28.9 Å². The zero-order chi connectivity index (χ0) is 14.1. The molecule has 2 aromatic rings. The summed E-state index contributed by atoms with van der Waals surface area (Å²) in [4.78, 5) is 18.8. The van der Waals surface area contributed by atoms with Crippen molar-refractivity contribution in [1.82, 2.24) is 9.88 Å². The van der Waals surface area contributed by atoms with Crippen molar-refractivity contribution >= 4 is 28.4 Å². The van der Waals surface area contributed by atoms with Gasteiger partial charge in [-0.3, -0.25) is 4.79 Å². The normalized spacial score (nSPS) is 15.3. The van der Waals surface area contributed by atoms with E-state index in [1.165, 1.54) is 5.57 Å². The molecular formula is C16H15ClN2O. The number of benzene rings is 1. The third kappa shape index (κ3) is 2.41. The van der Waals surface area contributed by atoms with E-state index in [2.05, 4.69) is 11.1 Å². The summed E-state index contributed by atoms with van der Waals surface area (Å²) in [6.07, 6.45) is 3.07. The Morgan fingerprint density at radius 3 is 2.95 bits per heavy atom. The summed E-state index contributed by atoms with van der Waals surface area (Å²) in [5.74, 6) is -0.0508. The Morgan fingerprint density at radius 1 is 1.35 bits per heavy atom. The average molecular weight is 287 g/mol. The van der Waals surface area contributed by atoms with E-state index in [1.54, 1.807) is 6.07 Å². The lowest BCUT2D eigenvalue weighted by Crippen LogP contribution is -2.35. The first-order chi connectivity index (χ1) is 9.65. The molecule has 0 saturated carbocycles. The number of hydrogen-bond donors (Lipinski definition) is 0. The van der Waals surface area contributed by atoms with Crippen LogP contribution in [-0.2, 0) is 0 Å². The lowest BCUT2D eigenvalue weighted by molar-refractivity contribution is 0.0760. The van der Waals surface area contributed by atoms with Gasteiger partial charge in [-0.05, 0) is 25.5 Å². The first-order valence-electron chi connectivity index (χ1n) is 6.65. The third-order valence-corrected chi connectivity index (χ3v) is 3.82. The number of aromatic nitrogens is 1. The summed E-state index contributed by atoms with van der Waals surface area (Å²) in [6, 6.07) is 9.26. The smallest absolute Gasteiger partial charge is 0.272 e. The number of para-hydroxylation sites is 1. The van der Waals surface area contributed by atoms with Crippen LogP contribution in [0, 0.1) is 0 Å². The molecule has 1 aromatic heterocycles. The molecule has 1 aliphatic heterocycles. The van der Waals surface area contributed by atoms with Crippen molar-refractivity contribution in [1.29, 1.82) is 0 Å². The Morgan fingerprint density at radius 2 is 2.15 bits per heavy atom. The van der Waals surface area contributed by atoms with Crippen LogP contribution in [0.15, 0.2) is 42.0 Å². The monoisotopic (exact) mass is 286 g/mol. The number of pyridine rings is 1. The first-order valence-corrected chi connectivity index (χ1v) is 7.03. The van der Waals surface area contributed by atoms with Crippen LogP contribution in [0.3, 0.4) is 0 Å². The lowest BCUT2D eigenvalue weighted by atomic mass is 10.1. The molecule has 3 rings (SSSR count). The minimum atomic E-state index is -0.0508. The highest BCUT2D eigenvalue weighted by molar-refractivity contribution is 6.35. The van der Waals surface area contributed by atoms with Gasteiger partial charge in [0.25, 0.3) is 5.91 Å². The van der Waals surface area contributed by atoms with Gasteiger partial charge in [-0.1, -0.05) is 41.4 Å². The summed E-state index contributed by atoms with van der Waals surface area (Å²) in [7, 11) is 0. The zero-order valence-electron chi connectivity index (χ0n) is 11.3. The number of nitrogens with zero attached hydrogens (tertiary/aromatic N) is 2. The van der Waals surface area contributed by atoms with Gasteiger partial charge in [0.1, 0.15) is 5.69 Å². The van der Waals surface area contributed by atoms with Gasteiger partial charge in [0.2, 0.25) is 0 Å². The second kappa shape index (κ2) is 5.25. The van der Waals surface area contributed by atoms with Crippen LogP contribution in [0.1, 0.15) is 23.8 Å². The SMILES string of the molecule is CC1=CCCN(C(=O)c2cc(Cl)c3ccccc3n2)C1. The summed E-state index contributed by atoms with van der Waals surface area (Å²) < 4.78 is 0. The molecule has 0 fully saturated rings. The minimum Gasteiger partial charge on any atom is -0.333 e. The molecule has 20 heavy (non-hydrogen) atoms. The fourth-order valence-electron chi connectivity index (χ4n) is 2.49. The van der Waals surface area contributed by atoms with Crippen molar-refractivity contribution in [2.75, 3.05) is 13.1 Å². The largest absolute Gasteiger partial charge is 0.333 e. The predicted octanol–water partition coefficient (Wildman–Crippen LogP) is 3.68. The molecule has 1 aliphatic rings. The number of fused-ring (bicyclic) bond motifs is 1. The Hall–Kier alpha value is -1.87. The highest BCUT2D eigenvalue weighted by atomic mass is 35.5. The van der Waals surface area contributed by atoms with Gasteiger partial charge < -0.3 is 4.90 Å². The van der Waals surface area contributed by atoms with Gasteiger partial charge in [0, 0.05) is 18.5 Å². The van der Waals surface area contributed by atoms with Gasteiger partial charge in [0.15, 0.2) is 0 Å². The van der Waals surface area contributed by atoms with E-state index in [1.807, 2.05) is 36.1 Å². The highest BCUT2D eigenvalue weighted by Crippen LogP contribution is 2.24. The quantitative estimate of drug-likeness (QED) is 0.749. The molecular weight excluding hydrogens is 272 g/mol. The summed E-state index contributed by atoms with van der Waals surface area (Å²) >= 11 is 6.25. The predicted molar refractivity (Wildman–Crippen MR) is 81.0 cm³/mol. The van der Waals surface area contributed by atoms with E-state index in [-0.39, 0.29) is 5.91 Å². The number of halogens is 1. The Labute approximate surface area is 122 Å². The molecule has 0 spiro atoms. The van der Waals surface area contributed by atoms with Crippen molar-refractivity contribution < 1.29 is 4.79 Å². The molecule has 1 amide bonds. The molecule has 0 aliphatic carbocycles. The van der Waals surface area contributed by atoms with E-state index in [9.17, 15) is 4.79 Å². The Bertz CT molecular complexity index is 709. The van der Waals surface area contributed by atoms with E-state index >= 15 is 0 Å². The molecule has 0 radical (unpaired) electrons. The maximum atomic E-state index is 12.5. The maximum absolute atomic E-state index is 12.5. The Balaban J connectivity index is 1.98. The molecule has 2 heterocycles. The van der Waals surface area contributed by atoms with E-state index < -0.39 is 0 Å². The van der Waals surface area contributed by atoms with Crippen LogP contribution in [0.5, 0.6) is 0 Å². The van der Waals surface area contributed by atoms with Crippen molar-refractivity contribution in [2.45, 2.75) is 13.3 Å². The second-order valence-electron chi connectivity index (χ2n) is 5.07. The van der Waals surface area contributed by atoms with Crippen molar-refractivity contribution in [3.8, 4) is 0 Å². The molecule has 0 saturated heterocycles. The molecule has 0 bridgehead atoms. The number of carbonyl (C=O) groups is 1. The third-order valence-electron chi connectivity index (χ3n) is 3.50. The van der Waals surface area contributed by atoms with Gasteiger partial charge in [-0.2, -0.15) is 0 Å². The molecule has 0 atom stereocenters. The topological polar surface area (TPSA) is 33.2 Å². The molecule has 1 aromatic carbocycles. The van der Waals surface area contributed by atoms with Gasteiger partial charge in [0.05, 0.1) is 10.5 Å². The van der Waals surface area contributed by atoms with Crippen molar-refractivity contribution in [2.24, 2.45) is 0 Å². The number of amides is 1. The first kappa shape index (κ1) is 13.1. The maximum Gasteiger partial charge on any atom is 0.272 e. The van der Waals surface area contributed by atoms with E-state index in [4.69, 9.17) is 11.6 Å². The average Bonchev–Trinajstić information content (AvgIpc) is 2.46. The molecule has 3 nitrogen and oxygen atoms in total. The van der Waals surface area contributed by atoms with Gasteiger partial charge in [-0.15, -0.1) is 0 Å². The van der Waals surface area contributed by atoms with Crippen LogP contribution in [0.2, 0.25) is 5.02 Å². The molecule has 0 unspecified atom stereocenters. The number of rotatable bonds is 1. The summed E-state index contributed by atoms with van der Waals surface area (Å²) in [5.41, 5.74) is 2.40. The van der Waals surface area contributed by atoms with Crippen LogP contribution in [0.25, 0.3) is 10.9 Å². The van der Waals surface area contributed by atoms with E-state index in [0.29, 0.717) is 17.3 Å². The van der Waals surface area contributed by atoms with Crippen LogP contribution in [0.4, 0.5) is 0 Å². The van der Waals surface area contributed by atoms with Crippen molar-refractivity contribution in [3.63, 3.8) is 0 Å². The second-order valence-corrected chi connectivity index (χ2v) is 5.48. The summed E-state index contributed by atoms with van der Waals surface area (Å²) in [5, 5.41) is 1.45. The van der Waals surface area contributed by atoms with E-state index in [0.717, 1.165) is 23.9 Å². The Kier molecular flexibility index (Phi) is 3.45. The standard InChI is InChI=1S/C16H15ClN2O/c1-11-5-4-8-19(10-11)16(20)15-9-13(17)12-6-2-3-7-14(12)18-15/h2-3,5-7,9H,4,8,10H2,1H3. The fourth-order valence-corrected chi connectivity index (χ4v) is 2.75. The summed E-state index contributed by atoms with van der Waals surface area (Å²) in [6.45, 7) is 3.45. The van der Waals surface area contributed by atoms with Crippen LogP contribution >= 0.6 is 11.6 Å². The van der Waals surface area contributed by atoms with Gasteiger partial charge >= 0.3 is 0 Å². The number of carbonyl (C=O) groups excluding carboxylic acids is 1. The minimum absolute atomic E-state index is 0.0508. The van der Waals surface area contributed by atoms with Crippen LogP contribution < -0.4 is 0 Å².